The van der Waals surface area contributed by atoms with E-state index < -0.39 is 0 Å². The zero-order valence-corrected chi connectivity index (χ0v) is 12.6. The van der Waals surface area contributed by atoms with E-state index in [1.165, 1.54) is 0 Å². The fourth-order valence-corrected chi connectivity index (χ4v) is 2.02. The molecule has 0 aromatic heterocycles. The summed E-state index contributed by atoms with van der Waals surface area (Å²) < 4.78 is 0. The van der Waals surface area contributed by atoms with Gasteiger partial charge in [-0.05, 0) is 20.8 Å². The van der Waals surface area contributed by atoms with Crippen LogP contribution >= 0.6 is 24.8 Å². The van der Waals surface area contributed by atoms with Crippen molar-refractivity contribution in [2.45, 2.75) is 45.8 Å². The van der Waals surface area contributed by atoms with Gasteiger partial charge in [0.1, 0.15) is 0 Å². The van der Waals surface area contributed by atoms with E-state index in [-0.39, 0.29) is 42.7 Å². The Morgan fingerprint density at radius 2 is 1.65 bits per heavy atom. The highest BCUT2D eigenvalue weighted by atomic mass is 35.5. The molecule has 0 bridgehead atoms. The van der Waals surface area contributed by atoms with Crippen molar-refractivity contribution in [3.63, 3.8) is 0 Å². The molecule has 0 saturated carbocycles. The summed E-state index contributed by atoms with van der Waals surface area (Å²) in [5.74, 6) is 0.104. The minimum absolute atomic E-state index is 0. The van der Waals surface area contributed by atoms with Crippen LogP contribution in [0.2, 0.25) is 0 Å². The van der Waals surface area contributed by atoms with Crippen LogP contribution in [0.1, 0.15) is 27.7 Å². The molecule has 4 atom stereocenters. The van der Waals surface area contributed by atoms with Crippen molar-refractivity contribution in [1.82, 2.24) is 10.2 Å². The van der Waals surface area contributed by atoms with Gasteiger partial charge in [-0.25, -0.2) is 0 Å². The van der Waals surface area contributed by atoms with Gasteiger partial charge in [0.05, 0.1) is 5.92 Å². The van der Waals surface area contributed by atoms with E-state index in [2.05, 4.69) is 19.2 Å². The summed E-state index contributed by atoms with van der Waals surface area (Å²) in [4.78, 5) is 14.0. The molecule has 0 aromatic rings. The van der Waals surface area contributed by atoms with E-state index in [0.29, 0.717) is 12.1 Å². The van der Waals surface area contributed by atoms with Crippen molar-refractivity contribution >= 4 is 30.7 Å². The van der Waals surface area contributed by atoms with Crippen LogP contribution in [0.4, 0.5) is 0 Å². The van der Waals surface area contributed by atoms with Crippen LogP contribution in [0.15, 0.2) is 0 Å². The van der Waals surface area contributed by atoms with Crippen molar-refractivity contribution in [3.05, 3.63) is 0 Å². The monoisotopic (exact) mass is 285 g/mol. The Morgan fingerprint density at radius 3 is 2.00 bits per heavy atom. The third kappa shape index (κ3) is 5.42. The number of hydrogen-bond donors (Lipinski definition) is 2. The lowest BCUT2D eigenvalue weighted by Crippen LogP contribution is -2.57. The van der Waals surface area contributed by atoms with E-state index in [1.807, 2.05) is 18.7 Å². The van der Waals surface area contributed by atoms with E-state index in [4.69, 9.17) is 5.73 Å². The maximum absolute atomic E-state index is 12.0. The van der Waals surface area contributed by atoms with E-state index >= 15 is 0 Å². The molecule has 0 radical (unpaired) electrons. The molecule has 1 amide bonds. The Bertz CT molecular complexity index is 229. The quantitative estimate of drug-likeness (QED) is 0.797. The molecule has 1 heterocycles. The first-order valence-electron chi connectivity index (χ1n) is 5.72. The van der Waals surface area contributed by atoms with Gasteiger partial charge in [-0.2, -0.15) is 0 Å². The second kappa shape index (κ2) is 8.14. The lowest BCUT2D eigenvalue weighted by molar-refractivity contribution is -0.137. The Hall–Kier alpha value is -0.0300. The predicted molar refractivity (Wildman–Crippen MR) is 75.9 cm³/mol. The van der Waals surface area contributed by atoms with Crippen molar-refractivity contribution in [1.29, 1.82) is 0 Å². The van der Waals surface area contributed by atoms with Gasteiger partial charge in [0, 0.05) is 31.2 Å². The van der Waals surface area contributed by atoms with Crippen molar-refractivity contribution < 1.29 is 4.79 Å². The smallest absolute Gasteiger partial charge is 0.227 e. The van der Waals surface area contributed by atoms with Crippen molar-refractivity contribution in [2.75, 3.05) is 13.1 Å². The van der Waals surface area contributed by atoms with Gasteiger partial charge in [0.25, 0.3) is 0 Å². The van der Waals surface area contributed by atoms with Gasteiger partial charge in [-0.1, -0.05) is 6.92 Å². The molecule has 3 N–H and O–H groups in total. The van der Waals surface area contributed by atoms with Gasteiger partial charge in [-0.15, -0.1) is 24.8 Å². The maximum Gasteiger partial charge on any atom is 0.227 e. The Kier molecular flexibility index (Phi) is 9.25. The van der Waals surface area contributed by atoms with Gasteiger partial charge in [0.2, 0.25) is 5.91 Å². The van der Waals surface area contributed by atoms with Crippen LogP contribution in [0.5, 0.6) is 0 Å². The lowest BCUT2D eigenvalue weighted by atomic mass is 10.0. The fourth-order valence-electron chi connectivity index (χ4n) is 2.02. The Morgan fingerprint density at radius 1 is 1.24 bits per heavy atom. The first kappa shape index (κ1) is 19.3. The molecule has 1 aliphatic rings. The summed E-state index contributed by atoms with van der Waals surface area (Å²) in [5, 5.41) is 3.41. The number of hydrogen-bond acceptors (Lipinski definition) is 3. The number of nitrogens with zero attached hydrogens (tertiary/aromatic N) is 1. The molecule has 1 saturated heterocycles. The first-order valence-corrected chi connectivity index (χ1v) is 5.72. The fraction of sp³-hybridized carbons (Fsp3) is 0.909. The second-order valence-corrected chi connectivity index (χ2v) is 4.86. The summed E-state index contributed by atoms with van der Waals surface area (Å²) in [6.07, 6.45) is 0. The number of nitrogens with two attached hydrogens (primary N) is 1. The largest absolute Gasteiger partial charge is 0.339 e. The Labute approximate surface area is 117 Å². The molecule has 4 unspecified atom stereocenters. The number of halogens is 2. The third-order valence-corrected chi connectivity index (χ3v) is 3.05. The molecule has 1 aliphatic heterocycles. The van der Waals surface area contributed by atoms with Gasteiger partial charge in [-0.3, -0.25) is 4.79 Å². The van der Waals surface area contributed by atoms with Crippen LogP contribution in [-0.2, 0) is 4.79 Å². The first-order chi connectivity index (χ1) is 6.91. The van der Waals surface area contributed by atoms with Crippen LogP contribution in [0.25, 0.3) is 0 Å². The highest BCUT2D eigenvalue weighted by Gasteiger charge is 2.28. The van der Waals surface area contributed by atoms with Crippen molar-refractivity contribution in [2.24, 2.45) is 11.7 Å². The molecule has 1 rings (SSSR count). The molecule has 17 heavy (non-hydrogen) atoms. The standard InChI is InChI=1S/C11H23N3O.2ClH/c1-7-5-14(6-8(2)13-7)11(15)9(3)10(4)12;;/h7-10,13H,5-6,12H2,1-4H3;2*1H. The number of piperazine rings is 1. The normalized spacial score (nSPS) is 27.5. The molecule has 1 fully saturated rings. The average Bonchev–Trinajstić information content (AvgIpc) is 2.13. The molecular formula is C11H25Cl2N3O. The number of rotatable bonds is 2. The highest BCUT2D eigenvalue weighted by molar-refractivity contribution is 5.85. The van der Waals surface area contributed by atoms with Crippen LogP contribution in [0, 0.1) is 5.92 Å². The SMILES string of the molecule is CC1CN(C(=O)C(C)C(C)N)CC(C)N1.Cl.Cl. The topological polar surface area (TPSA) is 58.4 Å². The predicted octanol–water partition coefficient (Wildman–Crippen LogP) is 1.02. The molecule has 0 spiro atoms. The number of nitrogens with one attached hydrogen (secondary N) is 1. The third-order valence-electron chi connectivity index (χ3n) is 3.05. The minimum atomic E-state index is -0.0810. The molecule has 0 aromatic carbocycles. The van der Waals surface area contributed by atoms with Crippen LogP contribution < -0.4 is 11.1 Å². The summed E-state index contributed by atoms with van der Waals surface area (Å²) in [7, 11) is 0. The van der Waals surface area contributed by atoms with Gasteiger partial charge >= 0.3 is 0 Å². The summed E-state index contributed by atoms with van der Waals surface area (Å²) >= 11 is 0. The maximum atomic E-state index is 12.0. The number of amides is 1. The van der Waals surface area contributed by atoms with Crippen LogP contribution in [-0.4, -0.2) is 42.0 Å². The highest BCUT2D eigenvalue weighted by Crippen LogP contribution is 2.11. The van der Waals surface area contributed by atoms with Crippen molar-refractivity contribution in [3.8, 4) is 0 Å². The van der Waals surface area contributed by atoms with Crippen LogP contribution in [0.3, 0.4) is 0 Å². The van der Waals surface area contributed by atoms with E-state index in [9.17, 15) is 4.79 Å². The van der Waals surface area contributed by atoms with Gasteiger partial charge < -0.3 is 16.0 Å². The summed E-state index contributed by atoms with van der Waals surface area (Å²) in [6, 6.07) is 0.675. The number of carbonyl (C=O) groups is 1. The second-order valence-electron chi connectivity index (χ2n) is 4.86. The zero-order chi connectivity index (χ0) is 11.6. The zero-order valence-electron chi connectivity index (χ0n) is 11.0. The van der Waals surface area contributed by atoms with E-state index in [1.54, 1.807) is 0 Å². The lowest BCUT2D eigenvalue weighted by Gasteiger charge is -2.38. The van der Waals surface area contributed by atoms with Gasteiger partial charge in [0.15, 0.2) is 0 Å². The minimum Gasteiger partial charge on any atom is -0.339 e. The molecule has 0 aliphatic carbocycles. The number of carbonyl (C=O) groups excluding carboxylic acids is 1. The molecule has 104 valence electrons. The summed E-state index contributed by atoms with van der Waals surface area (Å²) in [6.45, 7) is 9.58. The van der Waals surface area contributed by atoms with E-state index in [0.717, 1.165) is 13.1 Å². The molecular weight excluding hydrogens is 261 g/mol. The Balaban J connectivity index is 0. The molecule has 4 nitrogen and oxygen atoms in total. The average molecular weight is 286 g/mol. The molecule has 6 heteroatoms. The summed E-state index contributed by atoms with van der Waals surface area (Å²) in [5.41, 5.74) is 5.75.